The van der Waals surface area contributed by atoms with E-state index in [0.29, 0.717) is 13.2 Å². The van der Waals surface area contributed by atoms with Gasteiger partial charge in [0.1, 0.15) is 6.04 Å². The summed E-state index contributed by atoms with van der Waals surface area (Å²) in [6, 6.07) is -0.658. The maximum absolute atomic E-state index is 12.1. The Morgan fingerprint density at radius 1 is 0.913 bits per heavy atom. The summed E-state index contributed by atoms with van der Waals surface area (Å²) in [5.41, 5.74) is 0. The fourth-order valence-corrected chi connectivity index (χ4v) is 2.05. The molecule has 0 heterocycles. The number of nitrogens with one attached hydrogen (secondary N) is 1. The van der Waals surface area contributed by atoms with Gasteiger partial charge in [0.15, 0.2) is 0 Å². The van der Waals surface area contributed by atoms with Crippen molar-refractivity contribution in [1.29, 1.82) is 0 Å². The highest BCUT2D eigenvalue weighted by atomic mass is 16.6. The summed E-state index contributed by atoms with van der Waals surface area (Å²) in [4.78, 5) is 23.8. The molecule has 1 amide bonds. The molecule has 1 unspecified atom stereocenters. The van der Waals surface area contributed by atoms with Crippen LogP contribution in [0, 0.1) is 11.8 Å². The van der Waals surface area contributed by atoms with Gasteiger partial charge in [-0.05, 0) is 18.3 Å². The Hall–Kier alpha value is -1.26. The molecular formula is C18H35NO4. The standard InChI is InChI=1S/C18H35NO4/c1-6-7-8-9-10-11-12-22-17(20)16(15(4)5)19-18(21)23-13-14(2)3/h14-16H,6-13H2,1-5H3,(H,19,21). The van der Waals surface area contributed by atoms with Crippen LogP contribution in [-0.2, 0) is 14.3 Å². The van der Waals surface area contributed by atoms with E-state index in [1.54, 1.807) is 0 Å². The van der Waals surface area contributed by atoms with Crippen molar-refractivity contribution >= 4 is 12.1 Å². The number of alkyl carbamates (subject to hydrolysis) is 1. The summed E-state index contributed by atoms with van der Waals surface area (Å²) in [6.07, 6.45) is 6.29. The van der Waals surface area contributed by atoms with Gasteiger partial charge >= 0.3 is 12.1 Å². The second-order valence-corrected chi connectivity index (χ2v) is 6.79. The number of carbonyl (C=O) groups is 2. The lowest BCUT2D eigenvalue weighted by molar-refractivity contribution is -0.147. The van der Waals surface area contributed by atoms with Crippen molar-refractivity contribution in [2.24, 2.45) is 11.8 Å². The molecule has 0 spiro atoms. The van der Waals surface area contributed by atoms with E-state index in [-0.39, 0.29) is 17.8 Å². The number of amides is 1. The van der Waals surface area contributed by atoms with Crippen LogP contribution in [0.5, 0.6) is 0 Å². The summed E-state index contributed by atoms with van der Waals surface area (Å²) in [6.45, 7) is 10.6. The Morgan fingerprint density at radius 2 is 1.52 bits per heavy atom. The van der Waals surface area contributed by atoms with Gasteiger partial charge in [-0.15, -0.1) is 0 Å². The first-order chi connectivity index (χ1) is 10.9. The third-order valence-corrected chi connectivity index (χ3v) is 3.48. The molecule has 23 heavy (non-hydrogen) atoms. The van der Waals surface area contributed by atoms with Crippen LogP contribution >= 0.6 is 0 Å². The molecule has 5 nitrogen and oxygen atoms in total. The van der Waals surface area contributed by atoms with Crippen LogP contribution < -0.4 is 5.32 Å². The largest absolute Gasteiger partial charge is 0.464 e. The van der Waals surface area contributed by atoms with Crippen LogP contribution in [0.4, 0.5) is 4.79 Å². The molecule has 136 valence electrons. The molecular weight excluding hydrogens is 294 g/mol. The van der Waals surface area contributed by atoms with Crippen LogP contribution in [0.1, 0.15) is 73.1 Å². The molecule has 0 aliphatic heterocycles. The zero-order chi connectivity index (χ0) is 17.7. The van der Waals surface area contributed by atoms with Crippen LogP contribution in [0.2, 0.25) is 0 Å². The van der Waals surface area contributed by atoms with Crippen molar-refractivity contribution in [3.05, 3.63) is 0 Å². The first-order valence-corrected chi connectivity index (χ1v) is 8.98. The number of carbonyl (C=O) groups excluding carboxylic acids is 2. The third kappa shape index (κ3) is 11.9. The Bertz CT molecular complexity index is 329. The minimum absolute atomic E-state index is 0.0429. The van der Waals surface area contributed by atoms with Crippen LogP contribution in [0.25, 0.3) is 0 Å². The van der Waals surface area contributed by atoms with Crippen molar-refractivity contribution < 1.29 is 19.1 Å². The highest BCUT2D eigenvalue weighted by Gasteiger charge is 2.26. The fraction of sp³-hybridized carbons (Fsp3) is 0.889. The average molecular weight is 329 g/mol. The van der Waals surface area contributed by atoms with E-state index in [1.165, 1.54) is 25.7 Å². The topological polar surface area (TPSA) is 64.6 Å². The van der Waals surface area contributed by atoms with Crippen LogP contribution in [-0.4, -0.2) is 31.3 Å². The van der Waals surface area contributed by atoms with Gasteiger partial charge in [-0.1, -0.05) is 66.7 Å². The van der Waals surface area contributed by atoms with E-state index in [2.05, 4.69) is 12.2 Å². The Balaban J connectivity index is 4.03. The number of rotatable bonds is 12. The Kier molecular flexibility index (Phi) is 12.5. The molecule has 1 N–H and O–H groups in total. The molecule has 0 aliphatic rings. The van der Waals surface area contributed by atoms with Crippen molar-refractivity contribution in [3.8, 4) is 0 Å². The molecule has 0 rings (SSSR count). The predicted molar refractivity (Wildman–Crippen MR) is 92.3 cm³/mol. The summed E-state index contributed by atoms with van der Waals surface area (Å²) in [5, 5.41) is 2.60. The number of unbranched alkanes of at least 4 members (excludes halogenated alkanes) is 5. The summed E-state index contributed by atoms with van der Waals surface area (Å²) in [7, 11) is 0. The molecule has 0 aliphatic carbocycles. The highest BCUT2D eigenvalue weighted by Crippen LogP contribution is 2.08. The monoisotopic (exact) mass is 329 g/mol. The van der Waals surface area contributed by atoms with E-state index in [1.807, 2.05) is 27.7 Å². The van der Waals surface area contributed by atoms with Crippen LogP contribution in [0.15, 0.2) is 0 Å². The maximum atomic E-state index is 12.1. The highest BCUT2D eigenvalue weighted by molar-refractivity contribution is 5.81. The van der Waals surface area contributed by atoms with Gasteiger partial charge in [0.25, 0.3) is 0 Å². The van der Waals surface area contributed by atoms with E-state index in [4.69, 9.17) is 9.47 Å². The van der Waals surface area contributed by atoms with E-state index < -0.39 is 12.1 Å². The third-order valence-electron chi connectivity index (χ3n) is 3.48. The van der Waals surface area contributed by atoms with Crippen LogP contribution in [0.3, 0.4) is 0 Å². The number of esters is 1. The van der Waals surface area contributed by atoms with E-state index in [9.17, 15) is 9.59 Å². The number of hydrogen-bond donors (Lipinski definition) is 1. The molecule has 0 saturated carbocycles. The maximum Gasteiger partial charge on any atom is 0.407 e. The van der Waals surface area contributed by atoms with Crippen molar-refractivity contribution in [1.82, 2.24) is 5.32 Å². The lowest BCUT2D eigenvalue weighted by Crippen LogP contribution is -2.45. The minimum atomic E-state index is -0.658. The lowest BCUT2D eigenvalue weighted by atomic mass is 10.1. The zero-order valence-electron chi connectivity index (χ0n) is 15.5. The fourth-order valence-electron chi connectivity index (χ4n) is 2.05. The molecule has 1 atom stereocenters. The van der Waals surface area contributed by atoms with Gasteiger partial charge in [0, 0.05) is 0 Å². The SMILES string of the molecule is CCCCCCCCOC(=O)C(NC(=O)OCC(C)C)C(C)C. The number of hydrogen-bond acceptors (Lipinski definition) is 4. The average Bonchev–Trinajstić information content (AvgIpc) is 2.49. The lowest BCUT2D eigenvalue weighted by Gasteiger charge is -2.21. The predicted octanol–water partition coefficient (Wildman–Crippen LogP) is 4.30. The quantitative estimate of drug-likeness (QED) is 0.428. The summed E-state index contributed by atoms with van der Waals surface area (Å²) >= 11 is 0. The second-order valence-electron chi connectivity index (χ2n) is 6.79. The molecule has 0 aromatic rings. The molecule has 0 aromatic carbocycles. The van der Waals surface area contributed by atoms with Gasteiger partial charge in [0.05, 0.1) is 13.2 Å². The van der Waals surface area contributed by atoms with E-state index >= 15 is 0 Å². The summed E-state index contributed by atoms with van der Waals surface area (Å²) in [5.74, 6) is -0.161. The Morgan fingerprint density at radius 3 is 2.09 bits per heavy atom. The molecule has 0 bridgehead atoms. The van der Waals surface area contributed by atoms with Gasteiger partial charge in [-0.3, -0.25) is 0 Å². The number of ether oxygens (including phenoxy) is 2. The Labute approximate surface area is 141 Å². The molecule has 0 fully saturated rings. The van der Waals surface area contributed by atoms with Gasteiger partial charge in [0.2, 0.25) is 0 Å². The molecule has 0 radical (unpaired) electrons. The molecule has 5 heteroatoms. The normalized spacial score (nSPS) is 12.3. The smallest absolute Gasteiger partial charge is 0.407 e. The minimum Gasteiger partial charge on any atom is -0.464 e. The van der Waals surface area contributed by atoms with Gasteiger partial charge in [-0.2, -0.15) is 0 Å². The van der Waals surface area contributed by atoms with Gasteiger partial charge < -0.3 is 14.8 Å². The zero-order valence-corrected chi connectivity index (χ0v) is 15.5. The van der Waals surface area contributed by atoms with Gasteiger partial charge in [-0.25, -0.2) is 9.59 Å². The molecule has 0 aromatic heterocycles. The van der Waals surface area contributed by atoms with Crippen molar-refractivity contribution in [2.75, 3.05) is 13.2 Å². The van der Waals surface area contributed by atoms with Crippen molar-refractivity contribution in [2.45, 2.75) is 79.2 Å². The van der Waals surface area contributed by atoms with Crippen molar-refractivity contribution in [3.63, 3.8) is 0 Å². The molecule has 0 saturated heterocycles. The first-order valence-electron chi connectivity index (χ1n) is 8.98. The summed E-state index contributed by atoms with van der Waals surface area (Å²) < 4.78 is 10.3. The van der Waals surface area contributed by atoms with E-state index in [0.717, 1.165) is 12.8 Å². The second kappa shape index (κ2) is 13.2. The first kappa shape index (κ1) is 21.7.